The van der Waals surface area contributed by atoms with Crippen molar-refractivity contribution < 1.29 is 19.4 Å². The molecule has 0 aromatic heterocycles. The Hall–Kier alpha value is -2.55. The van der Waals surface area contributed by atoms with Gasteiger partial charge < -0.3 is 9.84 Å². The Morgan fingerprint density at radius 3 is 2.56 bits per heavy atom. The minimum Gasteiger partial charge on any atom is -0.480 e. The van der Waals surface area contributed by atoms with Crippen LogP contribution in [0.3, 0.4) is 0 Å². The second kappa shape index (κ2) is 6.91. The third kappa shape index (κ3) is 4.53. The van der Waals surface area contributed by atoms with Crippen molar-refractivity contribution >= 4 is 12.1 Å². The molecule has 1 aromatic rings. The predicted octanol–water partition coefficient (Wildman–Crippen LogP) is 1.23. The third-order valence-corrected chi connectivity index (χ3v) is 2.05. The second-order valence-corrected chi connectivity index (χ2v) is 3.45. The Bertz CT molecular complexity index is 453. The molecule has 0 spiro atoms. The maximum atomic E-state index is 11.5. The van der Waals surface area contributed by atoms with E-state index in [9.17, 15) is 9.59 Å². The first-order valence-corrected chi connectivity index (χ1v) is 5.18. The number of carboxylic acid groups (broad SMARTS) is 1. The van der Waals surface area contributed by atoms with Crippen LogP contribution in [-0.2, 0) is 16.1 Å². The number of aliphatic carboxylic acids is 1. The molecule has 0 fully saturated rings. The van der Waals surface area contributed by atoms with Crippen LogP contribution >= 0.6 is 0 Å². The quantitative estimate of drug-likeness (QED) is 0.791. The molecule has 0 aliphatic rings. The van der Waals surface area contributed by atoms with Gasteiger partial charge in [-0.15, -0.1) is 0 Å². The van der Waals surface area contributed by atoms with Gasteiger partial charge >= 0.3 is 12.1 Å². The average Bonchev–Trinajstić information content (AvgIpc) is 2.36. The van der Waals surface area contributed by atoms with Crippen LogP contribution in [0.5, 0.6) is 0 Å². The minimum atomic E-state index is -1.19. The highest BCUT2D eigenvalue weighted by Crippen LogP contribution is 2.03. The number of hydrogen-bond acceptors (Lipinski definition) is 4. The number of carboxylic acids is 1. The maximum Gasteiger partial charge on any atom is 0.411 e. The monoisotopic (exact) mass is 248 g/mol. The van der Waals surface area contributed by atoms with E-state index >= 15 is 0 Å². The zero-order valence-electron chi connectivity index (χ0n) is 9.57. The van der Waals surface area contributed by atoms with Crippen molar-refractivity contribution in [1.29, 1.82) is 5.26 Å². The van der Waals surface area contributed by atoms with Gasteiger partial charge in [0, 0.05) is 0 Å². The number of carbonyl (C=O) groups is 2. The average molecular weight is 248 g/mol. The van der Waals surface area contributed by atoms with Gasteiger partial charge in [0.05, 0.1) is 6.07 Å². The van der Waals surface area contributed by atoms with Crippen LogP contribution in [0.2, 0.25) is 0 Å². The van der Waals surface area contributed by atoms with Gasteiger partial charge in [0.15, 0.2) is 0 Å². The van der Waals surface area contributed by atoms with Crippen molar-refractivity contribution in [2.75, 3.05) is 13.1 Å². The van der Waals surface area contributed by atoms with E-state index in [2.05, 4.69) is 0 Å². The first kappa shape index (κ1) is 13.5. The summed E-state index contributed by atoms with van der Waals surface area (Å²) in [6, 6.07) is 10.7. The zero-order chi connectivity index (χ0) is 13.4. The molecule has 1 amide bonds. The summed E-state index contributed by atoms with van der Waals surface area (Å²) >= 11 is 0. The molecule has 18 heavy (non-hydrogen) atoms. The lowest BCUT2D eigenvalue weighted by molar-refractivity contribution is -0.137. The SMILES string of the molecule is N#CCN(CC(=O)O)C(=O)OCc1ccccc1. The number of amides is 1. The summed E-state index contributed by atoms with van der Waals surface area (Å²) in [5.74, 6) is -1.19. The van der Waals surface area contributed by atoms with E-state index in [1.165, 1.54) is 0 Å². The Balaban J connectivity index is 2.52. The molecule has 0 radical (unpaired) electrons. The number of benzene rings is 1. The third-order valence-electron chi connectivity index (χ3n) is 2.05. The molecule has 6 heteroatoms. The summed E-state index contributed by atoms with van der Waals surface area (Å²) in [6.45, 7) is -0.831. The van der Waals surface area contributed by atoms with Gasteiger partial charge in [0.2, 0.25) is 0 Å². The summed E-state index contributed by atoms with van der Waals surface area (Å²) in [5, 5.41) is 17.1. The van der Waals surface area contributed by atoms with Crippen LogP contribution in [0.25, 0.3) is 0 Å². The lowest BCUT2D eigenvalue weighted by Crippen LogP contribution is -2.36. The lowest BCUT2D eigenvalue weighted by atomic mass is 10.2. The van der Waals surface area contributed by atoms with Gasteiger partial charge in [0.1, 0.15) is 19.7 Å². The number of rotatable bonds is 5. The van der Waals surface area contributed by atoms with Gasteiger partial charge in [-0.05, 0) is 5.56 Å². The fourth-order valence-electron chi connectivity index (χ4n) is 1.24. The highest BCUT2D eigenvalue weighted by molar-refractivity contribution is 5.76. The van der Waals surface area contributed by atoms with Crippen LogP contribution in [-0.4, -0.2) is 35.2 Å². The molecule has 0 bridgehead atoms. The minimum absolute atomic E-state index is 0.0429. The van der Waals surface area contributed by atoms with Gasteiger partial charge in [-0.2, -0.15) is 5.26 Å². The molecule has 0 atom stereocenters. The molecule has 0 unspecified atom stereocenters. The molecule has 0 saturated carbocycles. The molecular weight excluding hydrogens is 236 g/mol. The molecule has 94 valence electrons. The first-order chi connectivity index (χ1) is 8.63. The lowest BCUT2D eigenvalue weighted by Gasteiger charge is -2.16. The Kier molecular flexibility index (Phi) is 5.19. The van der Waals surface area contributed by atoms with E-state index in [0.717, 1.165) is 10.5 Å². The number of nitrogens with zero attached hydrogens (tertiary/aromatic N) is 2. The Labute approximate surface area is 104 Å². The largest absolute Gasteiger partial charge is 0.480 e. The number of ether oxygens (including phenoxy) is 1. The van der Waals surface area contributed by atoms with Gasteiger partial charge in [-0.25, -0.2) is 4.79 Å². The molecular formula is C12H12N2O4. The Morgan fingerprint density at radius 1 is 1.33 bits per heavy atom. The van der Waals surface area contributed by atoms with E-state index in [-0.39, 0.29) is 13.2 Å². The molecule has 0 aliphatic carbocycles. The van der Waals surface area contributed by atoms with E-state index in [1.807, 2.05) is 6.07 Å². The van der Waals surface area contributed by atoms with Crippen LogP contribution in [0.15, 0.2) is 30.3 Å². The first-order valence-electron chi connectivity index (χ1n) is 5.18. The second-order valence-electron chi connectivity index (χ2n) is 3.45. The molecule has 0 saturated heterocycles. The van der Waals surface area contributed by atoms with Crippen molar-refractivity contribution in [2.45, 2.75) is 6.61 Å². The summed E-state index contributed by atoms with van der Waals surface area (Å²) in [7, 11) is 0. The highest BCUT2D eigenvalue weighted by atomic mass is 16.6. The van der Waals surface area contributed by atoms with Crippen LogP contribution < -0.4 is 0 Å². The van der Waals surface area contributed by atoms with Crippen molar-refractivity contribution in [1.82, 2.24) is 4.90 Å². The molecule has 0 aliphatic heterocycles. The zero-order valence-corrected chi connectivity index (χ0v) is 9.57. The van der Waals surface area contributed by atoms with E-state index < -0.39 is 18.6 Å². The van der Waals surface area contributed by atoms with Gasteiger partial charge in [0.25, 0.3) is 0 Å². The smallest absolute Gasteiger partial charge is 0.411 e. The highest BCUT2D eigenvalue weighted by Gasteiger charge is 2.17. The topological polar surface area (TPSA) is 90.6 Å². The summed E-state index contributed by atoms with van der Waals surface area (Å²) in [4.78, 5) is 22.9. The van der Waals surface area contributed by atoms with Crippen molar-refractivity contribution in [3.8, 4) is 6.07 Å². The van der Waals surface area contributed by atoms with Crippen molar-refractivity contribution in [3.63, 3.8) is 0 Å². The van der Waals surface area contributed by atoms with Crippen molar-refractivity contribution in [3.05, 3.63) is 35.9 Å². The number of carbonyl (C=O) groups excluding carboxylic acids is 1. The normalized spacial score (nSPS) is 9.28. The fourth-order valence-corrected chi connectivity index (χ4v) is 1.24. The molecule has 1 N–H and O–H groups in total. The van der Waals surface area contributed by atoms with E-state index in [0.29, 0.717) is 0 Å². The van der Waals surface area contributed by atoms with Crippen LogP contribution in [0, 0.1) is 11.3 Å². The summed E-state index contributed by atoms with van der Waals surface area (Å²) < 4.78 is 4.92. The molecule has 6 nitrogen and oxygen atoms in total. The van der Waals surface area contributed by atoms with E-state index in [1.54, 1.807) is 30.3 Å². The molecule has 1 aromatic carbocycles. The summed E-state index contributed by atoms with van der Waals surface area (Å²) in [5.41, 5.74) is 0.790. The summed E-state index contributed by atoms with van der Waals surface area (Å²) in [6.07, 6.45) is -0.817. The van der Waals surface area contributed by atoms with Crippen LogP contribution in [0.4, 0.5) is 4.79 Å². The Morgan fingerprint density at radius 2 is 2.00 bits per heavy atom. The van der Waals surface area contributed by atoms with Gasteiger partial charge in [-0.1, -0.05) is 30.3 Å². The van der Waals surface area contributed by atoms with E-state index in [4.69, 9.17) is 15.1 Å². The van der Waals surface area contributed by atoms with Crippen molar-refractivity contribution in [2.24, 2.45) is 0 Å². The van der Waals surface area contributed by atoms with Gasteiger partial charge in [-0.3, -0.25) is 9.69 Å². The number of hydrogen-bond donors (Lipinski definition) is 1. The van der Waals surface area contributed by atoms with Crippen LogP contribution in [0.1, 0.15) is 5.56 Å². The fraction of sp³-hybridized carbons (Fsp3) is 0.250. The number of nitriles is 1. The molecule has 0 heterocycles. The maximum absolute atomic E-state index is 11.5. The standard InChI is InChI=1S/C12H12N2O4/c13-6-7-14(8-11(15)16)12(17)18-9-10-4-2-1-3-5-10/h1-5H,7-9H2,(H,15,16). The molecule has 1 rings (SSSR count). The predicted molar refractivity (Wildman–Crippen MR) is 61.4 cm³/mol.